The van der Waals surface area contributed by atoms with Crippen molar-refractivity contribution in [2.24, 2.45) is 5.92 Å². The van der Waals surface area contributed by atoms with Gasteiger partial charge < -0.3 is 14.9 Å². The molecule has 0 radical (unpaired) electrons. The van der Waals surface area contributed by atoms with Gasteiger partial charge in [0, 0.05) is 14.0 Å². The van der Waals surface area contributed by atoms with Crippen LogP contribution in [0.25, 0.3) is 0 Å². The number of likely N-dealkylation sites (tertiary alicyclic amines) is 1. The number of β-amino-alcohol motifs (C(OH)–C–C–N with tert-alkyl or cyclic N) is 1. The Morgan fingerprint density at radius 1 is 1.29 bits per heavy atom. The predicted molar refractivity (Wildman–Crippen MR) is 81.2 cm³/mol. The summed E-state index contributed by atoms with van der Waals surface area (Å²) < 4.78 is 0. The molecule has 1 aromatic rings. The first-order valence-corrected chi connectivity index (χ1v) is 7.11. The van der Waals surface area contributed by atoms with Gasteiger partial charge in [0.15, 0.2) is 0 Å². The van der Waals surface area contributed by atoms with Gasteiger partial charge in [-0.1, -0.05) is 26.0 Å². The summed E-state index contributed by atoms with van der Waals surface area (Å²) in [5, 5.41) is 10.3. The number of hydrogen-bond acceptors (Lipinski definition) is 3. The van der Waals surface area contributed by atoms with E-state index in [1.165, 1.54) is 11.8 Å². The lowest BCUT2D eigenvalue weighted by Gasteiger charge is -2.49. The van der Waals surface area contributed by atoms with Gasteiger partial charge in [-0.3, -0.25) is 9.59 Å². The van der Waals surface area contributed by atoms with E-state index in [1.807, 2.05) is 13.8 Å². The van der Waals surface area contributed by atoms with Gasteiger partial charge in [-0.15, -0.1) is 0 Å². The van der Waals surface area contributed by atoms with Crippen LogP contribution in [0, 0.1) is 5.92 Å². The highest BCUT2D eigenvalue weighted by molar-refractivity contribution is 6.04. The zero-order chi connectivity index (χ0) is 15.8. The largest absolute Gasteiger partial charge is 0.386 e. The Hall–Kier alpha value is -1.88. The van der Waals surface area contributed by atoms with Crippen molar-refractivity contribution in [2.45, 2.75) is 26.4 Å². The average Bonchev–Trinajstić information content (AvgIpc) is 2.41. The van der Waals surface area contributed by atoms with Crippen molar-refractivity contribution >= 4 is 17.5 Å². The number of amides is 2. The van der Waals surface area contributed by atoms with Crippen molar-refractivity contribution in [1.29, 1.82) is 0 Å². The first-order chi connectivity index (χ1) is 9.76. The Morgan fingerprint density at radius 2 is 1.86 bits per heavy atom. The van der Waals surface area contributed by atoms with E-state index in [0.717, 1.165) is 0 Å². The van der Waals surface area contributed by atoms with Crippen LogP contribution in [0.15, 0.2) is 24.3 Å². The monoisotopic (exact) mass is 290 g/mol. The lowest BCUT2D eigenvalue weighted by molar-refractivity contribution is -0.116. The van der Waals surface area contributed by atoms with E-state index in [-0.39, 0.29) is 17.7 Å². The fraction of sp³-hybridized carbons (Fsp3) is 0.500. The van der Waals surface area contributed by atoms with Gasteiger partial charge in [0.25, 0.3) is 5.91 Å². The van der Waals surface area contributed by atoms with Crippen LogP contribution in [0.2, 0.25) is 0 Å². The number of benzene rings is 1. The summed E-state index contributed by atoms with van der Waals surface area (Å²) >= 11 is 0. The molecule has 2 rings (SSSR count). The molecule has 0 unspecified atom stereocenters. The number of anilines is 1. The van der Waals surface area contributed by atoms with Crippen LogP contribution in [0.4, 0.5) is 5.69 Å². The second kappa shape index (κ2) is 5.48. The summed E-state index contributed by atoms with van der Waals surface area (Å²) in [6.07, 6.45) is 0. The summed E-state index contributed by atoms with van der Waals surface area (Å²) in [5.41, 5.74) is 0.285. The summed E-state index contributed by atoms with van der Waals surface area (Å²) in [6.45, 7) is 6.02. The first-order valence-electron chi connectivity index (χ1n) is 7.11. The van der Waals surface area contributed by atoms with E-state index in [9.17, 15) is 14.7 Å². The quantitative estimate of drug-likeness (QED) is 0.918. The molecule has 1 aromatic carbocycles. The summed E-state index contributed by atoms with van der Waals surface area (Å²) in [4.78, 5) is 27.2. The van der Waals surface area contributed by atoms with E-state index in [1.54, 1.807) is 36.2 Å². The maximum atomic E-state index is 12.6. The van der Waals surface area contributed by atoms with E-state index in [4.69, 9.17) is 0 Å². The summed E-state index contributed by atoms with van der Waals surface area (Å²) in [5.74, 6) is -0.168. The standard InChI is InChI=1S/C16H22N2O3/c1-11(2)16(21)9-18(10-16)15(20)13-7-5-6-8-14(13)17(4)12(3)19/h5-8,11,21H,9-10H2,1-4H3. The minimum absolute atomic E-state index is 0.108. The molecule has 1 N–H and O–H groups in total. The molecule has 1 aliphatic heterocycles. The van der Waals surface area contributed by atoms with Crippen LogP contribution >= 0.6 is 0 Å². The topological polar surface area (TPSA) is 60.9 Å². The van der Waals surface area contributed by atoms with Crippen molar-refractivity contribution in [1.82, 2.24) is 4.90 Å². The fourth-order valence-electron chi connectivity index (χ4n) is 2.41. The Bertz CT molecular complexity index is 562. The molecule has 0 aliphatic carbocycles. The molecule has 2 amide bonds. The van der Waals surface area contributed by atoms with Crippen LogP contribution in [-0.4, -0.2) is 47.6 Å². The number of para-hydroxylation sites is 1. The Morgan fingerprint density at radius 3 is 2.38 bits per heavy atom. The molecule has 0 spiro atoms. The van der Waals surface area contributed by atoms with Crippen LogP contribution in [-0.2, 0) is 4.79 Å². The molecule has 5 nitrogen and oxygen atoms in total. The number of carbonyl (C=O) groups is 2. The van der Waals surface area contributed by atoms with Crippen molar-refractivity contribution in [3.8, 4) is 0 Å². The van der Waals surface area contributed by atoms with Gasteiger partial charge >= 0.3 is 0 Å². The summed E-state index contributed by atoms with van der Waals surface area (Å²) in [6, 6.07) is 7.04. The number of aliphatic hydroxyl groups is 1. The minimum atomic E-state index is -0.795. The SMILES string of the molecule is CC(=O)N(C)c1ccccc1C(=O)N1CC(O)(C(C)C)C1. The third-order valence-electron chi connectivity index (χ3n) is 4.26. The molecule has 1 heterocycles. The molecule has 0 aromatic heterocycles. The van der Waals surface area contributed by atoms with Crippen molar-refractivity contribution < 1.29 is 14.7 Å². The van der Waals surface area contributed by atoms with Gasteiger partial charge in [-0.05, 0) is 18.1 Å². The molecular formula is C16H22N2O3. The Balaban J connectivity index is 2.20. The third kappa shape index (κ3) is 2.78. The molecule has 1 saturated heterocycles. The lowest BCUT2D eigenvalue weighted by Crippen LogP contribution is -2.66. The smallest absolute Gasteiger partial charge is 0.256 e. The van der Waals surface area contributed by atoms with Gasteiger partial charge in [0.05, 0.1) is 24.3 Å². The van der Waals surface area contributed by atoms with E-state index < -0.39 is 5.60 Å². The molecule has 5 heteroatoms. The number of rotatable bonds is 3. The predicted octanol–water partition coefficient (Wildman–Crippen LogP) is 1.51. The van der Waals surface area contributed by atoms with E-state index >= 15 is 0 Å². The lowest BCUT2D eigenvalue weighted by atomic mass is 9.82. The molecule has 1 aliphatic rings. The van der Waals surface area contributed by atoms with Gasteiger partial charge in [0.2, 0.25) is 5.91 Å². The van der Waals surface area contributed by atoms with Crippen LogP contribution in [0.3, 0.4) is 0 Å². The van der Waals surface area contributed by atoms with Crippen molar-refractivity contribution in [3.05, 3.63) is 29.8 Å². The molecule has 0 saturated carbocycles. The van der Waals surface area contributed by atoms with Crippen LogP contribution in [0.5, 0.6) is 0 Å². The molecule has 114 valence electrons. The second-order valence-electron chi connectivity index (χ2n) is 6.01. The van der Waals surface area contributed by atoms with Gasteiger partial charge in [-0.2, -0.15) is 0 Å². The first kappa shape index (κ1) is 15.5. The fourth-order valence-corrected chi connectivity index (χ4v) is 2.41. The number of hydrogen-bond donors (Lipinski definition) is 1. The molecule has 1 fully saturated rings. The second-order valence-corrected chi connectivity index (χ2v) is 6.01. The zero-order valence-corrected chi connectivity index (χ0v) is 13.0. The highest BCUT2D eigenvalue weighted by atomic mass is 16.3. The highest BCUT2D eigenvalue weighted by Crippen LogP contribution is 2.31. The van der Waals surface area contributed by atoms with E-state index in [0.29, 0.717) is 24.3 Å². The number of carbonyl (C=O) groups excluding carboxylic acids is 2. The zero-order valence-electron chi connectivity index (χ0n) is 13.0. The maximum absolute atomic E-state index is 12.6. The number of nitrogens with zero attached hydrogens (tertiary/aromatic N) is 2. The van der Waals surface area contributed by atoms with Crippen LogP contribution in [0.1, 0.15) is 31.1 Å². The third-order valence-corrected chi connectivity index (χ3v) is 4.26. The summed E-state index contributed by atoms with van der Waals surface area (Å²) in [7, 11) is 1.65. The molecular weight excluding hydrogens is 268 g/mol. The molecule has 0 atom stereocenters. The van der Waals surface area contributed by atoms with Crippen LogP contribution < -0.4 is 4.90 Å². The van der Waals surface area contributed by atoms with Crippen molar-refractivity contribution in [3.63, 3.8) is 0 Å². The van der Waals surface area contributed by atoms with Gasteiger partial charge in [0.1, 0.15) is 5.60 Å². The maximum Gasteiger partial charge on any atom is 0.256 e. The van der Waals surface area contributed by atoms with E-state index in [2.05, 4.69) is 0 Å². The normalized spacial score (nSPS) is 16.6. The Kier molecular flexibility index (Phi) is 4.05. The van der Waals surface area contributed by atoms with Gasteiger partial charge in [-0.25, -0.2) is 0 Å². The average molecular weight is 290 g/mol. The highest BCUT2D eigenvalue weighted by Gasteiger charge is 2.46. The minimum Gasteiger partial charge on any atom is -0.386 e. The molecule has 0 bridgehead atoms. The molecule has 21 heavy (non-hydrogen) atoms. The Labute approximate surface area is 125 Å². The van der Waals surface area contributed by atoms with Crippen molar-refractivity contribution in [2.75, 3.05) is 25.0 Å².